The van der Waals surface area contributed by atoms with Crippen LogP contribution in [0.25, 0.3) is 10.9 Å². The molecule has 27 heavy (non-hydrogen) atoms. The Kier molecular flexibility index (Phi) is 5.40. The highest BCUT2D eigenvalue weighted by atomic mass is 19.4. The second kappa shape index (κ2) is 7.31. The maximum Gasteiger partial charge on any atom is 0.418 e. The first-order chi connectivity index (χ1) is 12.6. The second-order valence-corrected chi connectivity index (χ2v) is 7.08. The van der Waals surface area contributed by atoms with Crippen molar-refractivity contribution in [1.82, 2.24) is 10.3 Å². The molecular formula is C19H21F5N2O. The smallest absolute Gasteiger partial charge is 0.388 e. The fourth-order valence-electron chi connectivity index (χ4n) is 3.53. The number of fused-ring (bicyclic) bond motifs is 1. The van der Waals surface area contributed by atoms with Gasteiger partial charge >= 0.3 is 6.18 Å². The second-order valence-electron chi connectivity index (χ2n) is 7.08. The van der Waals surface area contributed by atoms with Gasteiger partial charge < -0.3 is 10.4 Å². The van der Waals surface area contributed by atoms with Crippen LogP contribution in [0.5, 0.6) is 0 Å². The molecule has 2 aromatic rings. The monoisotopic (exact) mass is 388 g/mol. The number of pyridine rings is 1. The highest BCUT2D eigenvalue weighted by molar-refractivity contribution is 5.86. The molecule has 1 saturated heterocycles. The van der Waals surface area contributed by atoms with Crippen LogP contribution in [0.3, 0.4) is 0 Å². The number of aliphatic hydroxyl groups is 1. The van der Waals surface area contributed by atoms with E-state index in [1.165, 1.54) is 12.1 Å². The van der Waals surface area contributed by atoms with Gasteiger partial charge in [0.05, 0.1) is 17.2 Å². The van der Waals surface area contributed by atoms with Gasteiger partial charge in [-0.3, -0.25) is 0 Å². The molecule has 0 spiro atoms. The average Bonchev–Trinajstić information content (AvgIpc) is 2.59. The van der Waals surface area contributed by atoms with Gasteiger partial charge in [0.1, 0.15) is 5.69 Å². The lowest BCUT2D eigenvalue weighted by molar-refractivity contribution is -0.136. The molecule has 1 fully saturated rings. The quantitative estimate of drug-likeness (QED) is 0.730. The molecule has 3 rings (SSSR count). The van der Waals surface area contributed by atoms with E-state index in [0.29, 0.717) is 6.92 Å². The summed E-state index contributed by atoms with van der Waals surface area (Å²) in [5.74, 6) is -3.43. The van der Waals surface area contributed by atoms with Crippen LogP contribution in [0.1, 0.15) is 55.5 Å². The predicted molar refractivity (Wildman–Crippen MR) is 91.5 cm³/mol. The van der Waals surface area contributed by atoms with Crippen LogP contribution in [-0.2, 0) is 12.1 Å². The molecule has 0 aliphatic carbocycles. The normalized spacial score (nSPS) is 20.0. The number of benzene rings is 1. The first-order valence-electron chi connectivity index (χ1n) is 8.88. The number of halogens is 5. The van der Waals surface area contributed by atoms with Gasteiger partial charge in [-0.2, -0.15) is 22.0 Å². The Morgan fingerprint density at radius 2 is 1.96 bits per heavy atom. The van der Waals surface area contributed by atoms with Crippen LogP contribution in [0.4, 0.5) is 22.0 Å². The third-order valence-corrected chi connectivity index (χ3v) is 4.91. The first-order valence-corrected chi connectivity index (χ1v) is 8.88. The molecule has 1 aliphatic heterocycles. The van der Waals surface area contributed by atoms with Crippen molar-refractivity contribution < 1.29 is 27.1 Å². The van der Waals surface area contributed by atoms with E-state index in [-0.39, 0.29) is 23.4 Å². The molecule has 148 valence electrons. The molecule has 3 nitrogen and oxygen atoms in total. The zero-order valence-electron chi connectivity index (χ0n) is 14.8. The topological polar surface area (TPSA) is 45.1 Å². The fourth-order valence-corrected chi connectivity index (χ4v) is 3.53. The Morgan fingerprint density at radius 3 is 2.56 bits per heavy atom. The van der Waals surface area contributed by atoms with Crippen molar-refractivity contribution in [3.05, 3.63) is 41.1 Å². The molecule has 1 aromatic carbocycles. The summed E-state index contributed by atoms with van der Waals surface area (Å²) in [6.45, 7) is 1.38. The van der Waals surface area contributed by atoms with E-state index in [9.17, 15) is 27.1 Å². The maximum atomic E-state index is 13.9. The number of hydrogen-bond acceptors (Lipinski definition) is 3. The zero-order chi connectivity index (χ0) is 19.8. The van der Waals surface area contributed by atoms with Crippen LogP contribution < -0.4 is 5.32 Å². The Labute approximate surface area is 153 Å². The molecule has 2 atom stereocenters. The van der Waals surface area contributed by atoms with Gasteiger partial charge in [-0.05, 0) is 43.5 Å². The van der Waals surface area contributed by atoms with E-state index in [1.54, 1.807) is 0 Å². The molecule has 1 aliphatic rings. The summed E-state index contributed by atoms with van der Waals surface area (Å²) in [5.41, 5.74) is -2.38. The molecule has 2 heterocycles. The third-order valence-electron chi connectivity index (χ3n) is 4.91. The lowest BCUT2D eigenvalue weighted by Crippen LogP contribution is -2.35. The number of nitrogens with zero attached hydrogens (tertiary/aromatic N) is 1. The van der Waals surface area contributed by atoms with Gasteiger partial charge in [0.15, 0.2) is 0 Å². The van der Waals surface area contributed by atoms with E-state index >= 15 is 0 Å². The highest BCUT2D eigenvalue weighted by Crippen LogP contribution is 2.39. The van der Waals surface area contributed by atoms with Crippen LogP contribution in [0.15, 0.2) is 24.3 Å². The average molecular weight is 388 g/mol. The summed E-state index contributed by atoms with van der Waals surface area (Å²) in [4.78, 5) is 3.61. The molecule has 8 heteroatoms. The predicted octanol–water partition coefficient (Wildman–Crippen LogP) is 4.93. The van der Waals surface area contributed by atoms with Crippen molar-refractivity contribution >= 4 is 10.9 Å². The van der Waals surface area contributed by atoms with Crippen LogP contribution in [-0.4, -0.2) is 22.7 Å². The zero-order valence-corrected chi connectivity index (χ0v) is 14.8. The summed E-state index contributed by atoms with van der Waals surface area (Å²) in [6.07, 6.45) is -2.84. The van der Waals surface area contributed by atoms with Crippen molar-refractivity contribution in [2.45, 2.75) is 56.9 Å². The van der Waals surface area contributed by atoms with Gasteiger partial charge in [-0.1, -0.05) is 18.6 Å². The maximum absolute atomic E-state index is 13.9. The van der Waals surface area contributed by atoms with E-state index in [2.05, 4.69) is 10.3 Å². The van der Waals surface area contributed by atoms with Crippen LogP contribution >= 0.6 is 0 Å². The summed E-state index contributed by atoms with van der Waals surface area (Å²) in [5, 5.41) is 13.9. The minimum Gasteiger partial charge on any atom is -0.388 e. The lowest BCUT2D eigenvalue weighted by atomic mass is 9.92. The molecule has 0 bridgehead atoms. The van der Waals surface area contributed by atoms with Crippen molar-refractivity contribution in [3.8, 4) is 0 Å². The number of hydrogen-bond donors (Lipinski definition) is 2. The third kappa shape index (κ3) is 4.38. The van der Waals surface area contributed by atoms with E-state index < -0.39 is 35.0 Å². The van der Waals surface area contributed by atoms with Gasteiger partial charge in [-0.25, -0.2) is 4.98 Å². The Balaban J connectivity index is 2.12. The molecule has 2 unspecified atom stereocenters. The van der Waals surface area contributed by atoms with Crippen molar-refractivity contribution in [1.29, 1.82) is 0 Å². The van der Waals surface area contributed by atoms with Gasteiger partial charge in [-0.15, -0.1) is 0 Å². The number of nitrogens with one attached hydrogen (secondary N) is 1. The Hall–Kier alpha value is -1.80. The molecule has 2 N–H and O–H groups in total. The molecule has 0 radical (unpaired) electrons. The van der Waals surface area contributed by atoms with Gasteiger partial charge in [0.25, 0.3) is 5.92 Å². The van der Waals surface area contributed by atoms with E-state index in [1.807, 2.05) is 0 Å². The summed E-state index contributed by atoms with van der Waals surface area (Å²) in [6, 6.07) is 4.41. The number of piperidine rings is 1. The summed E-state index contributed by atoms with van der Waals surface area (Å²) < 4.78 is 67.8. The number of aromatic nitrogens is 1. The highest BCUT2D eigenvalue weighted by Gasteiger charge is 2.36. The fraction of sp³-hybridized carbons (Fsp3) is 0.526. The van der Waals surface area contributed by atoms with Crippen molar-refractivity contribution in [3.63, 3.8) is 0 Å². The number of para-hydroxylation sites is 1. The number of rotatable bonds is 4. The first kappa shape index (κ1) is 19.9. The Bertz CT molecular complexity index is 810. The number of aliphatic hydroxyl groups excluding tert-OH is 1. The van der Waals surface area contributed by atoms with Crippen molar-refractivity contribution in [2.75, 3.05) is 6.54 Å². The molecule has 0 amide bonds. The summed E-state index contributed by atoms with van der Waals surface area (Å²) >= 11 is 0. The molecule has 0 saturated carbocycles. The molecular weight excluding hydrogens is 367 g/mol. The molecule has 1 aromatic heterocycles. The van der Waals surface area contributed by atoms with Crippen molar-refractivity contribution in [2.24, 2.45) is 0 Å². The van der Waals surface area contributed by atoms with E-state index in [4.69, 9.17) is 0 Å². The van der Waals surface area contributed by atoms with Gasteiger partial charge in [0.2, 0.25) is 0 Å². The number of alkyl halides is 5. The van der Waals surface area contributed by atoms with E-state index in [0.717, 1.165) is 37.9 Å². The van der Waals surface area contributed by atoms with Gasteiger partial charge in [0, 0.05) is 18.4 Å². The Morgan fingerprint density at radius 1 is 1.22 bits per heavy atom. The summed E-state index contributed by atoms with van der Waals surface area (Å²) in [7, 11) is 0. The lowest BCUT2D eigenvalue weighted by Gasteiger charge is -2.27. The minimum absolute atomic E-state index is 0.00616. The van der Waals surface area contributed by atoms with Crippen LogP contribution in [0, 0.1) is 0 Å². The SMILES string of the molecule is CC(F)(F)c1cc(C(O)CC2CCCCN2)c2cccc(C(F)(F)F)c2n1. The van der Waals surface area contributed by atoms with Crippen LogP contribution in [0.2, 0.25) is 0 Å². The minimum atomic E-state index is -4.73. The largest absolute Gasteiger partial charge is 0.418 e. The standard InChI is InChI=1S/C19H21F5N2O/c1-18(20,21)16-10-13(15(27)9-11-5-2-3-8-25-11)12-6-4-7-14(17(12)26-16)19(22,23)24/h4,6-7,10-11,15,25,27H,2-3,5,8-9H2,1H3.